The zero-order valence-corrected chi connectivity index (χ0v) is 19.0. The van der Waals surface area contributed by atoms with Gasteiger partial charge in [0, 0.05) is 22.6 Å². The summed E-state index contributed by atoms with van der Waals surface area (Å²) in [7, 11) is 0. The van der Waals surface area contributed by atoms with E-state index in [-0.39, 0.29) is 17.2 Å². The van der Waals surface area contributed by atoms with E-state index in [9.17, 15) is 9.59 Å². The van der Waals surface area contributed by atoms with Gasteiger partial charge in [0.1, 0.15) is 5.01 Å². The van der Waals surface area contributed by atoms with Gasteiger partial charge in [-0.25, -0.2) is 4.98 Å². The Bertz CT molecular complexity index is 1290. The van der Waals surface area contributed by atoms with Crippen LogP contribution in [0, 0.1) is 0 Å². The van der Waals surface area contributed by atoms with Crippen molar-refractivity contribution in [3.8, 4) is 0 Å². The van der Waals surface area contributed by atoms with Crippen molar-refractivity contribution in [2.24, 2.45) is 0 Å². The van der Waals surface area contributed by atoms with Gasteiger partial charge in [-0.1, -0.05) is 42.7 Å². The second-order valence-electron chi connectivity index (χ2n) is 7.77. The number of carbonyl (C=O) groups excluding carboxylic acids is 1. The molecule has 0 saturated heterocycles. The highest BCUT2D eigenvalue weighted by Gasteiger charge is 2.21. The van der Waals surface area contributed by atoms with Gasteiger partial charge in [-0.15, -0.1) is 11.8 Å². The van der Waals surface area contributed by atoms with Gasteiger partial charge in [-0.3, -0.25) is 9.59 Å². The number of benzene rings is 1. The lowest BCUT2D eigenvalue weighted by Gasteiger charge is -2.18. The molecule has 9 heteroatoms. The fraction of sp³-hybridized carbons (Fsp3) is 0.304. The van der Waals surface area contributed by atoms with Gasteiger partial charge in [-0.05, 0) is 37.1 Å². The van der Waals surface area contributed by atoms with Crippen molar-refractivity contribution in [2.75, 3.05) is 5.32 Å². The molecule has 164 valence electrons. The fourth-order valence-electron chi connectivity index (χ4n) is 3.90. The van der Waals surface area contributed by atoms with Crippen molar-refractivity contribution in [2.45, 2.75) is 48.7 Å². The van der Waals surface area contributed by atoms with Crippen molar-refractivity contribution < 1.29 is 9.21 Å². The molecule has 1 amide bonds. The standard InChI is InChI=1S/C23H22N4O3S2/c28-20-13-16(24-23-27(20)26-22(32-23)15-7-2-1-3-8-15)14-31-19-11-5-4-9-17(19)25-21(29)18-10-6-12-30-18/h4-6,9-13,15H,1-3,7-8,14H2,(H,25,29). The Labute approximate surface area is 192 Å². The number of hydrogen-bond donors (Lipinski definition) is 1. The Kier molecular flexibility index (Phi) is 6.09. The van der Waals surface area contributed by atoms with E-state index in [2.05, 4.69) is 10.4 Å². The molecule has 1 aromatic carbocycles. The number of amides is 1. The first kappa shape index (κ1) is 21.0. The van der Waals surface area contributed by atoms with Crippen LogP contribution in [0.1, 0.15) is 59.3 Å². The Balaban J connectivity index is 1.33. The number of para-hydroxylation sites is 1. The second-order valence-corrected chi connectivity index (χ2v) is 9.78. The van der Waals surface area contributed by atoms with E-state index in [1.54, 1.807) is 18.2 Å². The number of thioether (sulfide) groups is 1. The maximum atomic E-state index is 12.6. The summed E-state index contributed by atoms with van der Waals surface area (Å²) in [6.07, 6.45) is 7.47. The van der Waals surface area contributed by atoms with Crippen LogP contribution in [0.15, 0.2) is 62.8 Å². The molecule has 0 spiro atoms. The van der Waals surface area contributed by atoms with Gasteiger partial charge in [0.05, 0.1) is 17.6 Å². The van der Waals surface area contributed by atoms with Crippen LogP contribution >= 0.6 is 23.1 Å². The van der Waals surface area contributed by atoms with Crippen LogP contribution < -0.4 is 10.9 Å². The van der Waals surface area contributed by atoms with Crippen LogP contribution in [0.25, 0.3) is 4.96 Å². The smallest absolute Gasteiger partial charge is 0.291 e. The number of nitrogens with one attached hydrogen (secondary N) is 1. The number of carbonyl (C=O) groups is 1. The molecule has 3 aromatic heterocycles. The molecule has 1 saturated carbocycles. The Morgan fingerprint density at radius 1 is 1.19 bits per heavy atom. The van der Waals surface area contributed by atoms with Gasteiger partial charge in [-0.2, -0.15) is 9.61 Å². The number of nitrogens with zero attached hydrogens (tertiary/aromatic N) is 3. The van der Waals surface area contributed by atoms with Crippen molar-refractivity contribution in [1.82, 2.24) is 14.6 Å². The number of rotatable bonds is 6. The van der Waals surface area contributed by atoms with Gasteiger partial charge in [0.15, 0.2) is 5.76 Å². The molecule has 0 unspecified atom stereocenters. The lowest BCUT2D eigenvalue weighted by molar-refractivity contribution is 0.0996. The summed E-state index contributed by atoms with van der Waals surface area (Å²) >= 11 is 3.05. The Morgan fingerprint density at radius 3 is 2.84 bits per heavy atom. The van der Waals surface area contributed by atoms with E-state index in [4.69, 9.17) is 9.40 Å². The number of hydrogen-bond acceptors (Lipinski definition) is 7. The fourth-order valence-corrected chi connectivity index (χ4v) is 5.89. The highest BCUT2D eigenvalue weighted by Crippen LogP contribution is 2.35. The molecule has 1 N–H and O–H groups in total. The SMILES string of the molecule is O=C(Nc1ccccc1SCc1cc(=O)n2nc(C3CCCCC3)sc2n1)c1ccco1. The molecule has 0 atom stereocenters. The lowest BCUT2D eigenvalue weighted by atomic mass is 9.90. The highest BCUT2D eigenvalue weighted by atomic mass is 32.2. The van der Waals surface area contributed by atoms with E-state index in [1.807, 2.05) is 24.3 Å². The van der Waals surface area contributed by atoms with Crippen LogP contribution in [0.4, 0.5) is 5.69 Å². The second kappa shape index (κ2) is 9.30. The predicted octanol–water partition coefficient (Wildman–Crippen LogP) is 5.34. The molecule has 7 nitrogen and oxygen atoms in total. The topological polar surface area (TPSA) is 89.5 Å². The highest BCUT2D eigenvalue weighted by molar-refractivity contribution is 7.98. The van der Waals surface area contributed by atoms with Gasteiger partial charge < -0.3 is 9.73 Å². The number of furan rings is 1. The van der Waals surface area contributed by atoms with E-state index in [1.165, 1.54) is 53.1 Å². The minimum atomic E-state index is -0.305. The van der Waals surface area contributed by atoms with Gasteiger partial charge in [0.2, 0.25) is 4.96 Å². The van der Waals surface area contributed by atoms with E-state index < -0.39 is 0 Å². The van der Waals surface area contributed by atoms with Crippen LogP contribution in [-0.4, -0.2) is 20.5 Å². The summed E-state index contributed by atoms with van der Waals surface area (Å²) in [5, 5.41) is 8.46. The van der Waals surface area contributed by atoms with Crippen LogP contribution in [0.5, 0.6) is 0 Å². The molecule has 4 aromatic rings. The summed E-state index contributed by atoms with van der Waals surface area (Å²) < 4.78 is 6.60. The molecular formula is C23H22N4O3S2. The summed E-state index contributed by atoms with van der Waals surface area (Å²) in [5.41, 5.74) is 1.24. The van der Waals surface area contributed by atoms with Crippen molar-refractivity contribution in [3.05, 3.63) is 75.5 Å². The van der Waals surface area contributed by atoms with Gasteiger partial charge >= 0.3 is 0 Å². The molecule has 1 aliphatic carbocycles. The van der Waals surface area contributed by atoms with Crippen molar-refractivity contribution in [1.29, 1.82) is 0 Å². The third-order valence-electron chi connectivity index (χ3n) is 5.52. The average molecular weight is 467 g/mol. The summed E-state index contributed by atoms with van der Waals surface area (Å²) in [5.74, 6) is 0.901. The summed E-state index contributed by atoms with van der Waals surface area (Å²) in [6, 6.07) is 12.4. The normalized spacial score (nSPS) is 14.6. The lowest BCUT2D eigenvalue weighted by Crippen LogP contribution is -2.16. The Hall–Kier alpha value is -2.91. The first-order chi connectivity index (χ1) is 15.7. The molecule has 5 rings (SSSR count). The molecule has 0 bridgehead atoms. The minimum Gasteiger partial charge on any atom is -0.459 e. The molecule has 32 heavy (non-hydrogen) atoms. The summed E-state index contributed by atoms with van der Waals surface area (Å²) in [4.78, 5) is 31.2. The van der Waals surface area contributed by atoms with Crippen LogP contribution in [-0.2, 0) is 5.75 Å². The molecule has 1 aliphatic rings. The molecule has 0 aliphatic heterocycles. The predicted molar refractivity (Wildman–Crippen MR) is 126 cm³/mol. The number of aromatic nitrogens is 3. The van der Waals surface area contributed by atoms with E-state index in [0.29, 0.717) is 28.0 Å². The molecule has 3 heterocycles. The van der Waals surface area contributed by atoms with Crippen molar-refractivity contribution >= 4 is 39.7 Å². The molecular weight excluding hydrogens is 444 g/mol. The molecule has 1 fully saturated rings. The monoisotopic (exact) mass is 466 g/mol. The van der Waals surface area contributed by atoms with Crippen LogP contribution in [0.3, 0.4) is 0 Å². The zero-order chi connectivity index (χ0) is 21.9. The van der Waals surface area contributed by atoms with Gasteiger partial charge in [0.25, 0.3) is 11.5 Å². The average Bonchev–Trinajstić information content (AvgIpc) is 3.50. The largest absolute Gasteiger partial charge is 0.459 e. The maximum absolute atomic E-state index is 12.6. The number of anilines is 1. The zero-order valence-electron chi connectivity index (χ0n) is 17.3. The maximum Gasteiger partial charge on any atom is 0.291 e. The van der Waals surface area contributed by atoms with E-state index >= 15 is 0 Å². The third kappa shape index (κ3) is 4.49. The Morgan fingerprint density at radius 2 is 2.03 bits per heavy atom. The van der Waals surface area contributed by atoms with E-state index in [0.717, 1.165) is 22.7 Å². The quantitative estimate of drug-likeness (QED) is 0.386. The summed E-state index contributed by atoms with van der Waals surface area (Å²) in [6.45, 7) is 0. The molecule has 0 radical (unpaired) electrons. The third-order valence-corrected chi connectivity index (χ3v) is 7.70. The van der Waals surface area contributed by atoms with Crippen LogP contribution in [0.2, 0.25) is 0 Å². The first-order valence-electron chi connectivity index (χ1n) is 10.6. The van der Waals surface area contributed by atoms with Crippen molar-refractivity contribution in [3.63, 3.8) is 0 Å². The minimum absolute atomic E-state index is 0.150. The number of fused-ring (bicyclic) bond motifs is 1. The first-order valence-corrected chi connectivity index (χ1v) is 12.4.